The maximum absolute atomic E-state index is 12.3. The van der Waals surface area contributed by atoms with E-state index in [4.69, 9.17) is 0 Å². The second kappa shape index (κ2) is 7.59. The third-order valence-corrected chi connectivity index (χ3v) is 3.90. The molecule has 8 nitrogen and oxygen atoms in total. The molecule has 2 aromatic heterocycles. The normalized spacial score (nSPS) is 14.5. The fourth-order valence-corrected chi connectivity index (χ4v) is 2.74. The smallest absolute Gasteiger partial charge is 0.341 e. The van der Waals surface area contributed by atoms with Crippen molar-refractivity contribution in [1.29, 1.82) is 0 Å². The van der Waals surface area contributed by atoms with Gasteiger partial charge < -0.3 is 19.9 Å². The molecular weight excluding hydrogens is 334 g/mol. The van der Waals surface area contributed by atoms with Crippen molar-refractivity contribution < 1.29 is 9.90 Å². The van der Waals surface area contributed by atoms with Crippen LogP contribution in [0.2, 0.25) is 0 Å². The molecule has 0 saturated carbocycles. The summed E-state index contributed by atoms with van der Waals surface area (Å²) in [4.78, 5) is 34.5. The highest BCUT2D eigenvalue weighted by Crippen LogP contribution is 2.15. The molecule has 1 saturated heterocycles. The van der Waals surface area contributed by atoms with Crippen molar-refractivity contribution in [2.24, 2.45) is 0 Å². The zero-order chi connectivity index (χ0) is 16.4. The standard InChI is InChI=1S/C15H19N5O3.ClH/c1-2-5-20-9-11(14(22)23)12(21)10-8-17-15(18-13(10)20)19-6-3-16-4-7-19;/h8-9,16H,2-7H2,1H3,(H,22,23);1H. The number of aromatic carboxylic acids is 1. The van der Waals surface area contributed by atoms with Gasteiger partial charge in [0.25, 0.3) is 0 Å². The summed E-state index contributed by atoms with van der Waals surface area (Å²) in [5, 5.41) is 12.7. The molecule has 0 unspecified atom stereocenters. The molecule has 0 atom stereocenters. The number of hydrogen-bond acceptors (Lipinski definition) is 6. The average Bonchev–Trinajstić information content (AvgIpc) is 2.57. The van der Waals surface area contributed by atoms with E-state index >= 15 is 0 Å². The number of anilines is 1. The number of nitrogens with one attached hydrogen (secondary N) is 1. The van der Waals surface area contributed by atoms with E-state index in [0.29, 0.717) is 18.1 Å². The lowest BCUT2D eigenvalue weighted by Gasteiger charge is -2.27. The predicted molar refractivity (Wildman–Crippen MR) is 93.4 cm³/mol. The van der Waals surface area contributed by atoms with Gasteiger partial charge in [0.05, 0.1) is 5.39 Å². The van der Waals surface area contributed by atoms with Crippen LogP contribution in [-0.2, 0) is 6.54 Å². The van der Waals surface area contributed by atoms with E-state index in [1.165, 1.54) is 12.4 Å². The monoisotopic (exact) mass is 353 g/mol. The van der Waals surface area contributed by atoms with Gasteiger partial charge in [0.15, 0.2) is 0 Å². The Balaban J connectivity index is 0.00000208. The molecule has 2 N–H and O–H groups in total. The SMILES string of the molecule is CCCn1cc(C(=O)O)c(=O)c2cnc(N3CCNCC3)nc21.Cl. The van der Waals surface area contributed by atoms with Crippen LogP contribution in [-0.4, -0.2) is 51.8 Å². The number of carbonyl (C=O) groups is 1. The molecular formula is C15H20ClN5O3. The molecule has 9 heteroatoms. The topological polar surface area (TPSA) is 100 Å². The van der Waals surface area contributed by atoms with Crippen LogP contribution in [0.4, 0.5) is 5.95 Å². The maximum atomic E-state index is 12.3. The van der Waals surface area contributed by atoms with Gasteiger partial charge in [0.2, 0.25) is 11.4 Å². The summed E-state index contributed by atoms with van der Waals surface area (Å²) in [7, 11) is 0. The molecule has 3 heterocycles. The van der Waals surface area contributed by atoms with Gasteiger partial charge in [-0.25, -0.2) is 9.78 Å². The van der Waals surface area contributed by atoms with Gasteiger partial charge in [-0.15, -0.1) is 12.4 Å². The van der Waals surface area contributed by atoms with E-state index in [9.17, 15) is 14.7 Å². The summed E-state index contributed by atoms with van der Waals surface area (Å²) in [5.41, 5.74) is -0.290. The Labute approximate surface area is 144 Å². The molecule has 0 amide bonds. The van der Waals surface area contributed by atoms with Crippen LogP contribution in [0.15, 0.2) is 17.2 Å². The summed E-state index contributed by atoms with van der Waals surface area (Å²) < 4.78 is 1.73. The fourth-order valence-electron chi connectivity index (χ4n) is 2.74. The van der Waals surface area contributed by atoms with Gasteiger partial charge in [0.1, 0.15) is 11.2 Å². The lowest BCUT2D eigenvalue weighted by molar-refractivity contribution is 0.0695. The van der Waals surface area contributed by atoms with Crippen LogP contribution >= 0.6 is 12.4 Å². The van der Waals surface area contributed by atoms with Crippen molar-refractivity contribution in [3.8, 4) is 0 Å². The quantitative estimate of drug-likeness (QED) is 0.835. The number of hydrogen-bond donors (Lipinski definition) is 2. The van der Waals surface area contributed by atoms with Gasteiger partial charge in [-0.2, -0.15) is 4.98 Å². The number of nitrogens with zero attached hydrogens (tertiary/aromatic N) is 4. The third kappa shape index (κ3) is 3.34. The van der Waals surface area contributed by atoms with E-state index in [1.54, 1.807) is 4.57 Å². The molecule has 0 spiro atoms. The van der Waals surface area contributed by atoms with Crippen molar-refractivity contribution >= 4 is 35.4 Å². The van der Waals surface area contributed by atoms with Crippen LogP contribution < -0.4 is 15.6 Å². The lowest BCUT2D eigenvalue weighted by Crippen LogP contribution is -2.44. The van der Waals surface area contributed by atoms with E-state index in [1.807, 2.05) is 6.92 Å². The van der Waals surface area contributed by atoms with Crippen LogP contribution in [0.25, 0.3) is 11.0 Å². The maximum Gasteiger partial charge on any atom is 0.341 e. The minimum absolute atomic E-state index is 0. The van der Waals surface area contributed by atoms with Crippen molar-refractivity contribution in [2.45, 2.75) is 19.9 Å². The number of aryl methyl sites for hydroxylation is 1. The Bertz CT molecular complexity index is 802. The first-order chi connectivity index (χ1) is 11.1. The molecule has 3 rings (SSSR count). The molecule has 1 aliphatic rings. The molecule has 24 heavy (non-hydrogen) atoms. The van der Waals surface area contributed by atoms with E-state index in [-0.39, 0.29) is 23.4 Å². The van der Waals surface area contributed by atoms with Gasteiger partial charge in [-0.1, -0.05) is 6.92 Å². The summed E-state index contributed by atoms with van der Waals surface area (Å²) in [6.07, 6.45) is 3.63. The van der Waals surface area contributed by atoms with Gasteiger partial charge >= 0.3 is 5.97 Å². The molecule has 1 fully saturated rings. The number of carboxylic acids is 1. The zero-order valence-electron chi connectivity index (χ0n) is 13.4. The first kappa shape index (κ1) is 18.2. The Morgan fingerprint density at radius 1 is 1.38 bits per heavy atom. The third-order valence-electron chi connectivity index (χ3n) is 3.90. The minimum atomic E-state index is -1.23. The zero-order valence-corrected chi connectivity index (χ0v) is 14.2. The summed E-state index contributed by atoms with van der Waals surface area (Å²) in [5.74, 6) is -0.653. The highest BCUT2D eigenvalue weighted by Gasteiger charge is 2.18. The molecule has 130 valence electrons. The Hall–Kier alpha value is -2.19. The molecule has 1 aliphatic heterocycles. The lowest BCUT2D eigenvalue weighted by atomic mass is 10.2. The van der Waals surface area contributed by atoms with Crippen molar-refractivity contribution in [3.63, 3.8) is 0 Å². The first-order valence-corrected chi connectivity index (χ1v) is 7.71. The highest BCUT2D eigenvalue weighted by atomic mass is 35.5. The summed E-state index contributed by atoms with van der Waals surface area (Å²) >= 11 is 0. The molecule has 0 bridgehead atoms. The van der Waals surface area contributed by atoms with Crippen LogP contribution in [0.3, 0.4) is 0 Å². The van der Waals surface area contributed by atoms with Crippen molar-refractivity contribution in [3.05, 3.63) is 28.2 Å². The molecule has 0 aromatic carbocycles. The summed E-state index contributed by atoms with van der Waals surface area (Å²) in [6.45, 7) is 5.91. The second-order valence-electron chi connectivity index (χ2n) is 5.51. The Morgan fingerprint density at radius 2 is 2.08 bits per heavy atom. The summed E-state index contributed by atoms with van der Waals surface area (Å²) in [6, 6.07) is 0. The van der Waals surface area contributed by atoms with E-state index in [2.05, 4.69) is 20.2 Å². The Kier molecular flexibility index (Phi) is 5.74. The van der Waals surface area contributed by atoms with Gasteiger partial charge in [0, 0.05) is 45.1 Å². The van der Waals surface area contributed by atoms with Crippen LogP contribution in [0.5, 0.6) is 0 Å². The average molecular weight is 354 g/mol. The number of pyridine rings is 1. The molecule has 0 aliphatic carbocycles. The number of rotatable bonds is 4. The van der Waals surface area contributed by atoms with Crippen LogP contribution in [0, 0.1) is 0 Å². The first-order valence-electron chi connectivity index (χ1n) is 7.71. The number of fused-ring (bicyclic) bond motifs is 1. The molecule has 0 radical (unpaired) electrons. The Morgan fingerprint density at radius 3 is 2.71 bits per heavy atom. The van der Waals surface area contributed by atoms with Crippen molar-refractivity contribution in [2.75, 3.05) is 31.1 Å². The number of carboxylic acid groups (broad SMARTS) is 1. The van der Waals surface area contributed by atoms with Crippen LogP contribution in [0.1, 0.15) is 23.7 Å². The minimum Gasteiger partial charge on any atom is -0.477 e. The predicted octanol–water partition coefficient (Wildman–Crippen LogP) is 0.731. The largest absolute Gasteiger partial charge is 0.477 e. The molecule has 2 aromatic rings. The van der Waals surface area contributed by atoms with E-state index < -0.39 is 11.4 Å². The number of aromatic nitrogens is 3. The van der Waals surface area contributed by atoms with Gasteiger partial charge in [-0.05, 0) is 6.42 Å². The number of halogens is 1. The highest BCUT2D eigenvalue weighted by molar-refractivity contribution is 5.91. The van der Waals surface area contributed by atoms with Crippen molar-refractivity contribution in [1.82, 2.24) is 19.9 Å². The van der Waals surface area contributed by atoms with E-state index in [0.717, 1.165) is 32.6 Å². The number of piperazine rings is 1. The van der Waals surface area contributed by atoms with Gasteiger partial charge in [-0.3, -0.25) is 4.79 Å². The fraction of sp³-hybridized carbons (Fsp3) is 0.467. The second-order valence-corrected chi connectivity index (χ2v) is 5.51.